The molecule has 7 heteroatoms. The molecule has 1 aliphatic heterocycles. The van der Waals surface area contributed by atoms with Crippen LogP contribution in [0.4, 0.5) is 11.4 Å². The number of hydrogen-bond acceptors (Lipinski definition) is 7. The first-order valence-corrected chi connectivity index (χ1v) is 9.43. The highest BCUT2D eigenvalue weighted by Gasteiger charge is 2.31. The number of fused-ring (bicyclic) bond motifs is 1. The number of benzene rings is 2. The molecule has 0 aromatic heterocycles. The van der Waals surface area contributed by atoms with Gasteiger partial charge in [-0.3, -0.25) is 4.79 Å². The maximum atomic E-state index is 12.6. The van der Waals surface area contributed by atoms with Gasteiger partial charge >= 0.3 is 5.97 Å². The van der Waals surface area contributed by atoms with Gasteiger partial charge in [-0.15, -0.1) is 0 Å². The first-order valence-electron chi connectivity index (χ1n) is 9.43. The minimum absolute atomic E-state index is 0.0698. The summed E-state index contributed by atoms with van der Waals surface area (Å²) in [5.74, 6) is -0.178. The Morgan fingerprint density at radius 3 is 2.03 bits per heavy atom. The number of rotatable bonds is 6. The average molecular weight is 405 g/mol. The second kappa shape index (κ2) is 8.70. The molecule has 0 unspecified atom stereocenters. The number of esters is 1. The number of Topliss-reactive ketones (excluding diaryl/α,β-unsaturated/α-hetero) is 1. The van der Waals surface area contributed by atoms with Crippen molar-refractivity contribution in [3.8, 4) is 11.8 Å². The SMILES string of the molecule is Cc1cccc(C)c1OCC(=O)OCC(=O)C(C#N)=C1N(C)c2ccccc2N1C. The monoisotopic (exact) mass is 405 g/mol. The smallest absolute Gasteiger partial charge is 0.344 e. The van der Waals surface area contributed by atoms with E-state index in [9.17, 15) is 14.9 Å². The van der Waals surface area contributed by atoms with Crippen LogP contribution in [0.3, 0.4) is 0 Å². The van der Waals surface area contributed by atoms with Crippen LogP contribution in [0.2, 0.25) is 0 Å². The molecule has 0 N–H and O–H groups in total. The highest BCUT2D eigenvalue weighted by Crippen LogP contribution is 2.40. The fourth-order valence-corrected chi connectivity index (χ4v) is 3.47. The molecule has 3 rings (SSSR count). The zero-order chi connectivity index (χ0) is 21.8. The Morgan fingerprint density at radius 1 is 0.933 bits per heavy atom. The summed E-state index contributed by atoms with van der Waals surface area (Å²) in [6.45, 7) is 2.92. The minimum atomic E-state index is -0.676. The number of para-hydroxylation sites is 3. The van der Waals surface area contributed by atoms with Gasteiger partial charge in [-0.2, -0.15) is 5.26 Å². The summed E-state index contributed by atoms with van der Waals surface area (Å²) in [5, 5.41) is 9.60. The fourth-order valence-electron chi connectivity index (χ4n) is 3.47. The minimum Gasteiger partial charge on any atom is -0.481 e. The summed E-state index contributed by atoms with van der Waals surface area (Å²) in [7, 11) is 3.57. The molecule has 0 amide bonds. The fraction of sp³-hybridized carbons (Fsp3) is 0.261. The van der Waals surface area contributed by atoms with E-state index < -0.39 is 18.4 Å². The third-order valence-corrected chi connectivity index (χ3v) is 4.96. The number of nitrogens with zero attached hydrogens (tertiary/aromatic N) is 3. The van der Waals surface area contributed by atoms with Gasteiger partial charge < -0.3 is 19.3 Å². The van der Waals surface area contributed by atoms with Crippen LogP contribution in [0, 0.1) is 25.2 Å². The highest BCUT2D eigenvalue weighted by atomic mass is 16.6. The molecule has 0 aliphatic carbocycles. The Bertz CT molecular complexity index is 1020. The van der Waals surface area contributed by atoms with Crippen molar-refractivity contribution in [2.24, 2.45) is 0 Å². The molecule has 0 spiro atoms. The number of hydrogen-bond donors (Lipinski definition) is 0. The second-order valence-electron chi connectivity index (χ2n) is 7.01. The van der Waals surface area contributed by atoms with Crippen LogP contribution >= 0.6 is 0 Å². The number of nitriles is 1. The molecule has 2 aromatic carbocycles. The zero-order valence-electron chi connectivity index (χ0n) is 17.4. The van der Waals surface area contributed by atoms with Crippen LogP contribution in [0.15, 0.2) is 53.9 Å². The molecular formula is C23H23N3O4. The summed E-state index contributed by atoms with van der Waals surface area (Å²) in [6, 6.07) is 15.2. The molecule has 0 radical (unpaired) electrons. The molecule has 2 aromatic rings. The van der Waals surface area contributed by atoms with Crippen molar-refractivity contribution >= 4 is 23.1 Å². The van der Waals surface area contributed by atoms with Crippen molar-refractivity contribution in [3.05, 3.63) is 65.0 Å². The molecule has 1 heterocycles. The van der Waals surface area contributed by atoms with Gasteiger partial charge in [0.1, 0.15) is 23.2 Å². The summed E-state index contributed by atoms with van der Waals surface area (Å²) >= 11 is 0. The Hall–Kier alpha value is -3.79. The van der Waals surface area contributed by atoms with Crippen molar-refractivity contribution in [1.82, 2.24) is 0 Å². The molecule has 0 saturated heterocycles. The average Bonchev–Trinajstić information content (AvgIpc) is 2.98. The second-order valence-corrected chi connectivity index (χ2v) is 7.01. The van der Waals surface area contributed by atoms with Gasteiger partial charge in [-0.1, -0.05) is 30.3 Å². The summed E-state index contributed by atoms with van der Waals surface area (Å²) < 4.78 is 10.6. The first-order chi connectivity index (χ1) is 14.3. The molecule has 0 atom stereocenters. The first kappa shape index (κ1) is 20.9. The number of carbonyl (C=O) groups is 2. The van der Waals surface area contributed by atoms with E-state index in [0.717, 1.165) is 22.5 Å². The number of ether oxygens (including phenoxy) is 2. The van der Waals surface area contributed by atoms with Crippen molar-refractivity contribution in [2.75, 3.05) is 37.1 Å². The summed E-state index contributed by atoms with van der Waals surface area (Å²) in [4.78, 5) is 28.3. The van der Waals surface area contributed by atoms with Crippen molar-refractivity contribution in [3.63, 3.8) is 0 Å². The third kappa shape index (κ3) is 3.98. The largest absolute Gasteiger partial charge is 0.481 e. The lowest BCUT2D eigenvalue weighted by atomic mass is 10.1. The Labute approximate surface area is 175 Å². The number of aryl methyl sites for hydroxylation is 2. The summed E-state index contributed by atoms with van der Waals surface area (Å²) in [6.07, 6.45) is 0. The van der Waals surface area contributed by atoms with Crippen molar-refractivity contribution < 1.29 is 19.1 Å². The van der Waals surface area contributed by atoms with Crippen LogP contribution in [0.5, 0.6) is 5.75 Å². The lowest BCUT2D eigenvalue weighted by molar-refractivity contribution is -0.149. The van der Waals surface area contributed by atoms with Crippen LogP contribution in [0.1, 0.15) is 11.1 Å². The normalized spacial score (nSPS) is 12.3. The topological polar surface area (TPSA) is 82.9 Å². The van der Waals surface area contributed by atoms with Gasteiger partial charge in [-0.05, 0) is 37.1 Å². The molecule has 0 bridgehead atoms. The van der Waals surface area contributed by atoms with Gasteiger partial charge in [0.05, 0.1) is 11.4 Å². The standard InChI is InChI=1S/C23H23N3O4/c1-15-8-7-9-16(2)22(15)30-14-21(28)29-13-20(27)17(12-24)23-25(3)18-10-5-6-11-19(18)26(23)4/h5-11H,13-14H2,1-4H3. The molecule has 154 valence electrons. The van der Waals surface area contributed by atoms with E-state index in [0.29, 0.717) is 11.6 Å². The van der Waals surface area contributed by atoms with Crippen molar-refractivity contribution in [2.45, 2.75) is 13.8 Å². The van der Waals surface area contributed by atoms with E-state index in [1.54, 1.807) is 23.9 Å². The maximum Gasteiger partial charge on any atom is 0.344 e. The molecular weight excluding hydrogens is 382 g/mol. The van der Waals surface area contributed by atoms with Crippen LogP contribution in [-0.2, 0) is 14.3 Å². The number of ketones is 1. The van der Waals surface area contributed by atoms with Gasteiger partial charge in [0.25, 0.3) is 0 Å². The molecule has 30 heavy (non-hydrogen) atoms. The molecule has 7 nitrogen and oxygen atoms in total. The van der Waals surface area contributed by atoms with Gasteiger partial charge in [0.2, 0.25) is 5.78 Å². The van der Waals surface area contributed by atoms with Crippen molar-refractivity contribution in [1.29, 1.82) is 5.26 Å². The van der Waals surface area contributed by atoms with Crippen LogP contribution in [0.25, 0.3) is 0 Å². The van der Waals surface area contributed by atoms with Gasteiger partial charge in [0, 0.05) is 14.1 Å². The predicted molar refractivity (Wildman–Crippen MR) is 113 cm³/mol. The Balaban J connectivity index is 1.66. The third-order valence-electron chi connectivity index (χ3n) is 4.96. The lowest BCUT2D eigenvalue weighted by Crippen LogP contribution is -2.28. The lowest BCUT2D eigenvalue weighted by Gasteiger charge is -2.19. The zero-order valence-corrected chi connectivity index (χ0v) is 17.4. The van der Waals surface area contributed by atoms with E-state index in [1.807, 2.05) is 62.4 Å². The number of carbonyl (C=O) groups excluding carboxylic acids is 2. The van der Waals surface area contributed by atoms with E-state index in [-0.39, 0.29) is 12.2 Å². The predicted octanol–water partition coefficient (Wildman–Crippen LogP) is 3.12. The van der Waals surface area contributed by atoms with E-state index >= 15 is 0 Å². The van der Waals surface area contributed by atoms with E-state index in [2.05, 4.69) is 0 Å². The maximum absolute atomic E-state index is 12.6. The van der Waals surface area contributed by atoms with E-state index in [4.69, 9.17) is 9.47 Å². The summed E-state index contributed by atoms with van der Waals surface area (Å²) in [5.41, 5.74) is 3.51. The van der Waals surface area contributed by atoms with Crippen LogP contribution < -0.4 is 14.5 Å². The Morgan fingerprint density at radius 2 is 1.50 bits per heavy atom. The number of anilines is 2. The van der Waals surface area contributed by atoms with Crippen LogP contribution in [-0.4, -0.2) is 39.1 Å². The molecule has 1 aliphatic rings. The Kier molecular flexibility index (Phi) is 6.07. The highest BCUT2D eigenvalue weighted by molar-refractivity contribution is 6.03. The quantitative estimate of drug-likeness (QED) is 0.415. The molecule has 0 fully saturated rings. The van der Waals surface area contributed by atoms with Gasteiger partial charge in [0.15, 0.2) is 13.2 Å². The molecule has 0 saturated carbocycles. The van der Waals surface area contributed by atoms with E-state index in [1.165, 1.54) is 0 Å². The van der Waals surface area contributed by atoms with Gasteiger partial charge in [-0.25, -0.2) is 4.79 Å².